The van der Waals surface area contributed by atoms with Crippen molar-refractivity contribution in [3.05, 3.63) is 71.8 Å². The predicted molar refractivity (Wildman–Crippen MR) is 88.6 cm³/mol. The monoisotopic (exact) mass is 302 g/mol. The average Bonchev–Trinajstić information content (AvgIpc) is 2.73. The van der Waals surface area contributed by atoms with Crippen molar-refractivity contribution in [3.63, 3.8) is 0 Å². The molecule has 1 fully saturated rings. The molecule has 0 saturated carbocycles. The van der Waals surface area contributed by atoms with Crippen molar-refractivity contribution in [2.24, 2.45) is 0 Å². The highest BCUT2D eigenvalue weighted by Crippen LogP contribution is 2.44. The molecule has 1 heterocycles. The maximum absolute atomic E-state index is 5.68. The summed E-state index contributed by atoms with van der Waals surface area (Å²) in [5, 5.41) is 0. The maximum atomic E-state index is 5.68. The number of nitrogens with zero attached hydrogens (tertiary/aromatic N) is 2. The van der Waals surface area contributed by atoms with Crippen molar-refractivity contribution in [2.45, 2.75) is 12.1 Å². The van der Waals surface area contributed by atoms with E-state index < -0.39 is 0 Å². The van der Waals surface area contributed by atoms with Crippen molar-refractivity contribution in [2.75, 3.05) is 14.1 Å². The molecule has 1 aliphatic rings. The summed E-state index contributed by atoms with van der Waals surface area (Å²) < 4.78 is 4.62. The van der Waals surface area contributed by atoms with Gasteiger partial charge in [-0.05, 0) is 36.4 Å². The Bertz CT molecular complexity index is 547. The molecule has 0 amide bonds. The zero-order valence-corrected chi connectivity index (χ0v) is 13.3. The minimum absolute atomic E-state index is 0.273. The maximum Gasteiger partial charge on any atom is 0.0669 e. The minimum Gasteiger partial charge on any atom is -0.229 e. The van der Waals surface area contributed by atoms with Crippen LogP contribution >= 0.6 is 0 Å². The molecule has 3 rings (SSSR count). The van der Waals surface area contributed by atoms with Gasteiger partial charge in [-0.3, -0.25) is 0 Å². The first-order valence-electron chi connectivity index (χ1n) is 6.67. The quantitative estimate of drug-likeness (QED) is 0.841. The Morgan fingerprint density at radius 2 is 1.10 bits per heavy atom. The Balaban J connectivity index is 2.07. The normalized spacial score (nSPS) is 25.1. The Labute approximate surface area is 127 Å². The van der Waals surface area contributed by atoms with E-state index in [0.29, 0.717) is 12.1 Å². The first-order valence-corrected chi connectivity index (χ1v) is 8.74. The zero-order chi connectivity index (χ0) is 14.1. The molecule has 0 aromatic heterocycles. The lowest BCUT2D eigenvalue weighted by atomic mass is 9.93. The molecule has 1 aliphatic heterocycles. The first kappa shape index (κ1) is 13.9. The Morgan fingerprint density at radius 1 is 0.750 bits per heavy atom. The van der Waals surface area contributed by atoms with Crippen LogP contribution in [0.15, 0.2) is 60.7 Å². The zero-order valence-electron chi connectivity index (χ0n) is 11.6. The van der Waals surface area contributed by atoms with Gasteiger partial charge in [0.05, 0.1) is 12.1 Å². The van der Waals surface area contributed by atoms with E-state index in [1.54, 1.807) is 0 Å². The van der Waals surface area contributed by atoms with E-state index in [2.05, 4.69) is 83.4 Å². The molecule has 2 aromatic rings. The van der Waals surface area contributed by atoms with Gasteiger partial charge in [0.2, 0.25) is 0 Å². The van der Waals surface area contributed by atoms with Crippen LogP contribution in [0.3, 0.4) is 0 Å². The van der Waals surface area contributed by atoms with Crippen LogP contribution in [0.4, 0.5) is 0 Å². The highest BCUT2D eigenvalue weighted by molar-refractivity contribution is 8.26. The second-order valence-electron chi connectivity index (χ2n) is 5.03. The molecular weight excluding hydrogens is 284 g/mol. The molecule has 2 atom stereocenters. The third kappa shape index (κ3) is 2.33. The lowest BCUT2D eigenvalue weighted by Gasteiger charge is -2.25. The molecule has 0 unspecified atom stereocenters. The van der Waals surface area contributed by atoms with Gasteiger partial charge < -0.3 is 0 Å². The van der Waals surface area contributed by atoms with E-state index in [4.69, 9.17) is 11.2 Å². The molecule has 2 nitrogen and oxygen atoms in total. The average molecular weight is 302 g/mol. The van der Waals surface area contributed by atoms with Crippen molar-refractivity contribution in [1.82, 2.24) is 8.61 Å². The van der Waals surface area contributed by atoms with Gasteiger partial charge in [-0.1, -0.05) is 60.7 Å². The van der Waals surface area contributed by atoms with Gasteiger partial charge in [-0.25, -0.2) is 8.61 Å². The summed E-state index contributed by atoms with van der Waals surface area (Å²) in [6.07, 6.45) is 0. The van der Waals surface area contributed by atoms with Crippen molar-refractivity contribution in [3.8, 4) is 0 Å². The molecule has 0 N–H and O–H groups in total. The molecule has 0 radical (unpaired) electrons. The summed E-state index contributed by atoms with van der Waals surface area (Å²) in [6, 6.07) is 21.9. The van der Waals surface area contributed by atoms with Gasteiger partial charge in [0, 0.05) is 9.83 Å². The van der Waals surface area contributed by atoms with Crippen LogP contribution in [-0.4, -0.2) is 22.7 Å². The molecule has 0 aliphatic carbocycles. The highest BCUT2D eigenvalue weighted by atomic mass is 32.8. The summed E-state index contributed by atoms with van der Waals surface area (Å²) in [5.74, 6) is 0. The predicted octanol–water partition coefficient (Wildman–Crippen LogP) is 3.26. The van der Waals surface area contributed by atoms with Crippen LogP contribution in [-0.2, 0) is 21.0 Å². The van der Waals surface area contributed by atoms with Gasteiger partial charge in [0.15, 0.2) is 0 Å². The molecule has 20 heavy (non-hydrogen) atoms. The fraction of sp³-hybridized carbons (Fsp3) is 0.250. The molecular formula is C16H18N2S2. The molecule has 1 saturated heterocycles. The van der Waals surface area contributed by atoms with Gasteiger partial charge in [0.25, 0.3) is 0 Å². The standard InChI is InChI=1S/C16H18N2S2/c1-17-15(13-9-5-3-6-10-13)16(18(2)20(17)19)14-11-7-4-8-12-14/h3-12,15-16H,1-2H3/t15-,16-/m0/s1. The lowest BCUT2D eigenvalue weighted by Crippen LogP contribution is -2.20. The number of likely N-dealkylation sites (N-methyl/N-ethyl adjacent to an activating group) is 2. The topological polar surface area (TPSA) is 6.48 Å². The SMILES string of the molecule is CN1[C@@H](c2ccccc2)[C@H](c2ccccc2)N(C)S1=S. The molecule has 0 spiro atoms. The van der Waals surface area contributed by atoms with Crippen LogP contribution in [0.1, 0.15) is 23.2 Å². The smallest absolute Gasteiger partial charge is 0.0669 e. The fourth-order valence-corrected chi connectivity index (χ4v) is 4.71. The summed E-state index contributed by atoms with van der Waals surface area (Å²) >= 11 is 5.68. The lowest BCUT2D eigenvalue weighted by molar-refractivity contribution is 0.316. The molecule has 0 bridgehead atoms. The third-order valence-corrected chi connectivity index (χ3v) is 6.71. The van der Waals surface area contributed by atoms with E-state index in [1.165, 1.54) is 11.1 Å². The fourth-order valence-electron chi connectivity index (χ4n) is 2.88. The van der Waals surface area contributed by atoms with Crippen molar-refractivity contribution >= 4 is 21.0 Å². The molecule has 4 heteroatoms. The third-order valence-electron chi connectivity index (χ3n) is 3.86. The van der Waals surface area contributed by atoms with Crippen LogP contribution in [0.5, 0.6) is 0 Å². The van der Waals surface area contributed by atoms with Crippen LogP contribution in [0, 0.1) is 0 Å². The Hall–Kier alpha value is -1.07. The Morgan fingerprint density at radius 3 is 1.45 bits per heavy atom. The first-order chi connectivity index (χ1) is 9.70. The van der Waals surface area contributed by atoms with Crippen LogP contribution in [0.2, 0.25) is 0 Å². The molecule has 2 aromatic carbocycles. The second-order valence-corrected chi connectivity index (χ2v) is 7.54. The molecule has 104 valence electrons. The Kier molecular flexibility index (Phi) is 3.98. The van der Waals surface area contributed by atoms with Crippen molar-refractivity contribution in [1.29, 1.82) is 0 Å². The summed E-state index contributed by atoms with van der Waals surface area (Å²) in [4.78, 5) is 0. The van der Waals surface area contributed by atoms with E-state index in [-0.39, 0.29) is 9.83 Å². The van der Waals surface area contributed by atoms with Gasteiger partial charge in [0.1, 0.15) is 0 Å². The van der Waals surface area contributed by atoms with E-state index in [1.807, 2.05) is 0 Å². The second kappa shape index (κ2) is 5.74. The number of rotatable bonds is 2. The summed E-state index contributed by atoms with van der Waals surface area (Å²) in [6.45, 7) is 0. The minimum atomic E-state index is -0.273. The van der Waals surface area contributed by atoms with E-state index in [9.17, 15) is 0 Å². The van der Waals surface area contributed by atoms with Crippen LogP contribution < -0.4 is 0 Å². The summed E-state index contributed by atoms with van der Waals surface area (Å²) in [5.41, 5.74) is 2.66. The van der Waals surface area contributed by atoms with Gasteiger partial charge in [-0.15, -0.1) is 0 Å². The summed E-state index contributed by atoms with van der Waals surface area (Å²) in [7, 11) is 3.99. The van der Waals surface area contributed by atoms with Gasteiger partial charge >= 0.3 is 0 Å². The largest absolute Gasteiger partial charge is 0.229 e. The van der Waals surface area contributed by atoms with Gasteiger partial charge in [-0.2, -0.15) is 0 Å². The number of benzene rings is 2. The number of hydrogen-bond donors (Lipinski definition) is 0. The van der Waals surface area contributed by atoms with E-state index >= 15 is 0 Å². The number of hydrogen-bond acceptors (Lipinski definition) is 1. The van der Waals surface area contributed by atoms with Crippen molar-refractivity contribution < 1.29 is 0 Å². The van der Waals surface area contributed by atoms with Crippen LogP contribution in [0.25, 0.3) is 0 Å². The van der Waals surface area contributed by atoms with E-state index in [0.717, 1.165) is 0 Å². The highest BCUT2D eigenvalue weighted by Gasteiger charge is 2.41.